The van der Waals surface area contributed by atoms with E-state index >= 15 is 0 Å². The Balaban J connectivity index is 2.46. The monoisotopic (exact) mass is 278 g/mol. The molecule has 0 fully saturated rings. The molecule has 0 radical (unpaired) electrons. The predicted octanol–water partition coefficient (Wildman–Crippen LogP) is 0.887. The molecular formula is C14H18N2O4. The predicted molar refractivity (Wildman–Crippen MR) is 73.6 cm³/mol. The summed E-state index contributed by atoms with van der Waals surface area (Å²) in [5.74, 6) is -1.38. The highest BCUT2D eigenvalue weighted by Crippen LogP contribution is 2.04. The fourth-order valence-electron chi connectivity index (χ4n) is 1.41. The average molecular weight is 278 g/mol. The Morgan fingerprint density at radius 1 is 1.05 bits per heavy atom. The zero-order valence-electron chi connectivity index (χ0n) is 11.5. The number of hydrogen-bond acceptors (Lipinski definition) is 3. The molecule has 0 saturated carbocycles. The fraction of sp³-hybridized carbons (Fsp3) is 0.357. The Kier molecular flexibility index (Phi) is 5.71. The molecule has 6 heteroatoms. The van der Waals surface area contributed by atoms with E-state index in [9.17, 15) is 14.4 Å². The maximum Gasteiger partial charge on any atom is 0.335 e. The van der Waals surface area contributed by atoms with Gasteiger partial charge in [0.05, 0.1) is 12.1 Å². The number of nitrogens with one attached hydrogen (secondary N) is 2. The molecule has 6 nitrogen and oxygen atoms in total. The van der Waals surface area contributed by atoms with Crippen molar-refractivity contribution in [3.05, 3.63) is 35.4 Å². The van der Waals surface area contributed by atoms with Crippen LogP contribution in [0.5, 0.6) is 0 Å². The van der Waals surface area contributed by atoms with Crippen LogP contribution in [0, 0.1) is 5.92 Å². The molecule has 20 heavy (non-hydrogen) atoms. The minimum Gasteiger partial charge on any atom is -0.478 e. The van der Waals surface area contributed by atoms with Crippen LogP contribution in [0.1, 0.15) is 34.6 Å². The molecule has 0 aromatic heterocycles. The summed E-state index contributed by atoms with van der Waals surface area (Å²) in [5, 5.41) is 13.9. The summed E-state index contributed by atoms with van der Waals surface area (Å²) in [6.07, 6.45) is 0. The van der Waals surface area contributed by atoms with Gasteiger partial charge in [-0.25, -0.2) is 4.79 Å². The van der Waals surface area contributed by atoms with Crippen molar-refractivity contribution in [1.29, 1.82) is 0 Å². The summed E-state index contributed by atoms with van der Waals surface area (Å²) < 4.78 is 0. The Morgan fingerprint density at radius 2 is 1.60 bits per heavy atom. The maximum absolute atomic E-state index is 11.7. The molecule has 1 aromatic carbocycles. The molecule has 0 atom stereocenters. The van der Waals surface area contributed by atoms with Gasteiger partial charge >= 0.3 is 5.97 Å². The molecule has 3 N–H and O–H groups in total. The molecule has 0 bridgehead atoms. The third-order valence-corrected chi connectivity index (χ3v) is 2.51. The van der Waals surface area contributed by atoms with Crippen LogP contribution in [0.25, 0.3) is 0 Å². The number of benzene rings is 1. The van der Waals surface area contributed by atoms with E-state index in [4.69, 9.17) is 5.11 Å². The molecule has 0 unspecified atom stereocenters. The largest absolute Gasteiger partial charge is 0.478 e. The van der Waals surface area contributed by atoms with Crippen LogP contribution >= 0.6 is 0 Å². The quantitative estimate of drug-likeness (QED) is 0.720. The molecule has 0 aliphatic heterocycles. The van der Waals surface area contributed by atoms with Gasteiger partial charge in [0, 0.05) is 12.1 Å². The van der Waals surface area contributed by atoms with Gasteiger partial charge in [-0.1, -0.05) is 13.8 Å². The summed E-state index contributed by atoms with van der Waals surface area (Å²) in [6.45, 7) is 4.40. The molecule has 0 saturated heterocycles. The summed E-state index contributed by atoms with van der Waals surface area (Å²) in [7, 11) is 0. The van der Waals surface area contributed by atoms with Gasteiger partial charge in [0.1, 0.15) is 0 Å². The average Bonchev–Trinajstić information content (AvgIpc) is 2.42. The van der Waals surface area contributed by atoms with Crippen LogP contribution in [0.3, 0.4) is 0 Å². The number of hydrogen-bond donors (Lipinski definition) is 3. The molecule has 2 amide bonds. The third kappa shape index (κ3) is 5.09. The number of aromatic carboxylic acids is 1. The molecule has 0 aliphatic rings. The molecule has 0 heterocycles. The van der Waals surface area contributed by atoms with E-state index in [1.165, 1.54) is 24.3 Å². The molecule has 0 aliphatic carbocycles. The van der Waals surface area contributed by atoms with Gasteiger partial charge in [0.2, 0.25) is 5.91 Å². The molecular weight excluding hydrogens is 260 g/mol. The van der Waals surface area contributed by atoms with E-state index < -0.39 is 11.9 Å². The standard InChI is InChI=1S/C14H18N2O4/c1-9(2)7-15-12(17)8-16-13(18)10-3-5-11(6-4-10)14(19)20/h3-6,9H,7-8H2,1-2H3,(H,15,17)(H,16,18)(H,19,20). The number of rotatable bonds is 6. The van der Waals surface area contributed by atoms with Crippen molar-refractivity contribution in [1.82, 2.24) is 10.6 Å². The molecule has 1 rings (SSSR count). The second-order valence-corrected chi connectivity index (χ2v) is 4.76. The van der Waals surface area contributed by atoms with E-state index in [1.54, 1.807) is 0 Å². The van der Waals surface area contributed by atoms with Crippen LogP contribution in [0.2, 0.25) is 0 Å². The van der Waals surface area contributed by atoms with Gasteiger partial charge in [0.15, 0.2) is 0 Å². The zero-order valence-corrected chi connectivity index (χ0v) is 11.5. The van der Waals surface area contributed by atoms with Gasteiger partial charge in [-0.15, -0.1) is 0 Å². The second kappa shape index (κ2) is 7.28. The summed E-state index contributed by atoms with van der Waals surface area (Å²) in [5.41, 5.74) is 0.419. The Morgan fingerprint density at radius 3 is 2.10 bits per heavy atom. The van der Waals surface area contributed by atoms with Gasteiger partial charge in [-0.3, -0.25) is 9.59 Å². The lowest BCUT2D eigenvalue weighted by molar-refractivity contribution is -0.120. The van der Waals surface area contributed by atoms with Crippen LogP contribution in [-0.2, 0) is 4.79 Å². The maximum atomic E-state index is 11.7. The van der Waals surface area contributed by atoms with E-state index in [1.807, 2.05) is 13.8 Å². The van der Waals surface area contributed by atoms with Crippen LogP contribution < -0.4 is 10.6 Å². The van der Waals surface area contributed by atoms with E-state index in [0.717, 1.165) is 0 Å². The fourth-order valence-corrected chi connectivity index (χ4v) is 1.41. The van der Waals surface area contributed by atoms with Gasteiger partial charge < -0.3 is 15.7 Å². The number of carbonyl (C=O) groups excluding carboxylic acids is 2. The van der Waals surface area contributed by atoms with Gasteiger partial charge in [-0.05, 0) is 30.2 Å². The lowest BCUT2D eigenvalue weighted by atomic mass is 10.1. The number of carboxylic acids is 1. The highest BCUT2D eigenvalue weighted by atomic mass is 16.4. The summed E-state index contributed by atoms with van der Waals surface area (Å²) in [4.78, 5) is 33.8. The topological polar surface area (TPSA) is 95.5 Å². The van der Waals surface area contributed by atoms with Crippen LogP contribution in [0.15, 0.2) is 24.3 Å². The van der Waals surface area contributed by atoms with Crippen molar-refractivity contribution in [2.24, 2.45) is 5.92 Å². The van der Waals surface area contributed by atoms with Crippen molar-refractivity contribution in [2.45, 2.75) is 13.8 Å². The SMILES string of the molecule is CC(C)CNC(=O)CNC(=O)c1ccc(C(=O)O)cc1. The first-order valence-electron chi connectivity index (χ1n) is 6.28. The zero-order chi connectivity index (χ0) is 15.1. The Labute approximate surface area is 117 Å². The third-order valence-electron chi connectivity index (χ3n) is 2.51. The number of amides is 2. The highest BCUT2D eigenvalue weighted by molar-refractivity contribution is 5.97. The van der Waals surface area contributed by atoms with Crippen molar-refractivity contribution in [2.75, 3.05) is 13.1 Å². The van der Waals surface area contributed by atoms with E-state index in [-0.39, 0.29) is 18.0 Å². The minimum atomic E-state index is -1.05. The van der Waals surface area contributed by atoms with Crippen LogP contribution in [-0.4, -0.2) is 36.0 Å². The second-order valence-electron chi connectivity index (χ2n) is 4.76. The highest BCUT2D eigenvalue weighted by Gasteiger charge is 2.09. The van der Waals surface area contributed by atoms with Crippen molar-refractivity contribution in [3.8, 4) is 0 Å². The smallest absolute Gasteiger partial charge is 0.335 e. The number of carboxylic acid groups (broad SMARTS) is 1. The summed E-state index contributed by atoms with van der Waals surface area (Å²) >= 11 is 0. The minimum absolute atomic E-state index is 0.105. The van der Waals surface area contributed by atoms with Gasteiger partial charge in [0.25, 0.3) is 5.91 Å². The lowest BCUT2D eigenvalue weighted by Gasteiger charge is -2.08. The first-order valence-corrected chi connectivity index (χ1v) is 6.28. The Bertz CT molecular complexity index is 494. The molecule has 1 aromatic rings. The first kappa shape index (κ1) is 15.7. The van der Waals surface area contributed by atoms with Gasteiger partial charge in [-0.2, -0.15) is 0 Å². The van der Waals surface area contributed by atoms with Crippen molar-refractivity contribution >= 4 is 17.8 Å². The van der Waals surface area contributed by atoms with E-state index in [2.05, 4.69) is 10.6 Å². The molecule has 0 spiro atoms. The lowest BCUT2D eigenvalue weighted by Crippen LogP contribution is -2.38. The molecule has 108 valence electrons. The van der Waals surface area contributed by atoms with Crippen molar-refractivity contribution in [3.63, 3.8) is 0 Å². The van der Waals surface area contributed by atoms with E-state index in [0.29, 0.717) is 18.0 Å². The Hall–Kier alpha value is -2.37. The summed E-state index contributed by atoms with van der Waals surface area (Å²) in [6, 6.07) is 5.50. The normalized spacial score (nSPS) is 10.2. The van der Waals surface area contributed by atoms with Crippen molar-refractivity contribution < 1.29 is 19.5 Å². The number of carbonyl (C=O) groups is 3. The first-order chi connectivity index (χ1) is 9.40. The van der Waals surface area contributed by atoms with Crippen LogP contribution in [0.4, 0.5) is 0 Å².